The summed E-state index contributed by atoms with van der Waals surface area (Å²) in [7, 11) is 1.21. The minimum Gasteiger partial charge on any atom is -0.490 e. The van der Waals surface area contributed by atoms with Crippen LogP contribution in [0.15, 0.2) is 18.2 Å². The molecule has 0 saturated carbocycles. The average molecular weight is 297 g/mol. The van der Waals surface area contributed by atoms with Crippen molar-refractivity contribution in [2.75, 3.05) is 20.3 Å². The molecule has 0 radical (unpaired) electrons. The third-order valence-corrected chi connectivity index (χ3v) is 2.93. The van der Waals surface area contributed by atoms with Gasteiger partial charge in [-0.15, -0.1) is 0 Å². The molecule has 0 saturated heterocycles. The lowest BCUT2D eigenvalue weighted by Gasteiger charge is -2.18. The zero-order valence-corrected chi connectivity index (χ0v) is 12.7. The summed E-state index contributed by atoms with van der Waals surface area (Å²) in [6, 6.07) is 4.68. The number of rotatable bonds is 8. The molecule has 1 aromatic carbocycles. The van der Waals surface area contributed by atoms with Crippen LogP contribution in [0.3, 0.4) is 0 Å². The van der Waals surface area contributed by atoms with Crippen LogP contribution in [0.2, 0.25) is 0 Å². The summed E-state index contributed by atoms with van der Waals surface area (Å²) in [5.41, 5.74) is 6.67. The van der Waals surface area contributed by atoms with Crippen molar-refractivity contribution in [2.45, 2.75) is 32.4 Å². The van der Waals surface area contributed by atoms with Crippen LogP contribution in [-0.4, -0.2) is 43.5 Å². The molecule has 0 spiro atoms. The van der Waals surface area contributed by atoms with Gasteiger partial charge in [-0.05, 0) is 38.0 Å². The predicted molar refractivity (Wildman–Crippen MR) is 78.5 cm³/mol. The van der Waals surface area contributed by atoms with E-state index >= 15 is 0 Å². The van der Waals surface area contributed by atoms with E-state index < -0.39 is 18.1 Å². The molecule has 1 aromatic rings. The highest BCUT2D eigenvalue weighted by Gasteiger charge is 2.24. The average Bonchev–Trinajstić information content (AvgIpc) is 2.48. The monoisotopic (exact) mass is 297 g/mol. The third kappa shape index (κ3) is 4.91. The fourth-order valence-electron chi connectivity index (χ4n) is 1.90. The number of aliphatic hydroxyl groups excluding tert-OH is 1. The van der Waals surface area contributed by atoms with Crippen molar-refractivity contribution in [1.82, 2.24) is 0 Å². The Bertz CT molecular complexity index is 463. The minimum absolute atomic E-state index is 0.322. The number of carbonyl (C=O) groups excluding carboxylic acids is 1. The van der Waals surface area contributed by atoms with Crippen molar-refractivity contribution >= 4 is 5.97 Å². The van der Waals surface area contributed by atoms with E-state index in [4.69, 9.17) is 15.2 Å². The number of methoxy groups -OCH3 is 1. The smallest absolute Gasteiger partial charge is 0.336 e. The molecule has 6 heteroatoms. The van der Waals surface area contributed by atoms with Crippen molar-refractivity contribution in [1.29, 1.82) is 0 Å². The van der Waals surface area contributed by atoms with Crippen LogP contribution < -0.4 is 15.2 Å². The number of benzene rings is 1. The van der Waals surface area contributed by atoms with Crippen LogP contribution in [0.4, 0.5) is 0 Å². The van der Waals surface area contributed by atoms with Gasteiger partial charge in [0, 0.05) is 6.04 Å². The molecule has 0 heterocycles. The fourth-order valence-corrected chi connectivity index (χ4v) is 1.90. The van der Waals surface area contributed by atoms with Gasteiger partial charge < -0.3 is 25.1 Å². The van der Waals surface area contributed by atoms with Crippen LogP contribution in [0.1, 0.15) is 19.4 Å². The van der Waals surface area contributed by atoms with Gasteiger partial charge in [-0.3, -0.25) is 0 Å². The van der Waals surface area contributed by atoms with Gasteiger partial charge in [-0.1, -0.05) is 6.07 Å². The van der Waals surface area contributed by atoms with Gasteiger partial charge in [0.25, 0.3) is 0 Å². The maximum Gasteiger partial charge on any atom is 0.336 e. The molecule has 0 amide bonds. The van der Waals surface area contributed by atoms with Crippen LogP contribution in [-0.2, 0) is 16.0 Å². The van der Waals surface area contributed by atoms with E-state index in [2.05, 4.69) is 4.74 Å². The lowest BCUT2D eigenvalue weighted by atomic mass is 10.0. The Labute approximate surface area is 124 Å². The van der Waals surface area contributed by atoms with E-state index in [9.17, 15) is 9.90 Å². The second kappa shape index (κ2) is 8.49. The molecule has 0 bridgehead atoms. The standard InChI is InChI=1S/C15H23NO5/c1-4-20-12-7-6-10(9-13(12)21-5-2)8-11(16)14(17)15(18)19-3/h6-7,9,11,14,17H,4-5,8,16H2,1-3H3. The first-order chi connectivity index (χ1) is 10.0. The van der Waals surface area contributed by atoms with Crippen molar-refractivity contribution in [2.24, 2.45) is 5.73 Å². The van der Waals surface area contributed by atoms with Crippen LogP contribution in [0.5, 0.6) is 11.5 Å². The highest BCUT2D eigenvalue weighted by Crippen LogP contribution is 2.29. The molecular formula is C15H23NO5. The highest BCUT2D eigenvalue weighted by atomic mass is 16.5. The molecule has 118 valence electrons. The maximum atomic E-state index is 11.3. The largest absolute Gasteiger partial charge is 0.490 e. The first-order valence-electron chi connectivity index (χ1n) is 6.93. The summed E-state index contributed by atoms with van der Waals surface area (Å²) in [5.74, 6) is 0.542. The summed E-state index contributed by atoms with van der Waals surface area (Å²) in [5, 5.41) is 9.70. The third-order valence-electron chi connectivity index (χ3n) is 2.93. The number of nitrogens with two attached hydrogens (primary N) is 1. The van der Waals surface area contributed by atoms with E-state index in [-0.39, 0.29) is 0 Å². The van der Waals surface area contributed by atoms with E-state index in [1.165, 1.54) is 7.11 Å². The van der Waals surface area contributed by atoms with Gasteiger partial charge in [-0.25, -0.2) is 4.79 Å². The second-order valence-corrected chi connectivity index (χ2v) is 4.48. The zero-order chi connectivity index (χ0) is 15.8. The molecule has 0 aliphatic carbocycles. The molecule has 21 heavy (non-hydrogen) atoms. The SMILES string of the molecule is CCOc1ccc(CC(N)C(O)C(=O)OC)cc1OCC. The molecule has 0 fully saturated rings. The molecule has 0 aliphatic rings. The summed E-state index contributed by atoms with van der Waals surface area (Å²) >= 11 is 0. The van der Waals surface area contributed by atoms with Crippen molar-refractivity contribution < 1.29 is 24.1 Å². The van der Waals surface area contributed by atoms with Gasteiger partial charge in [0.05, 0.1) is 20.3 Å². The summed E-state index contributed by atoms with van der Waals surface area (Å²) in [6.45, 7) is 4.84. The molecular weight excluding hydrogens is 274 g/mol. The zero-order valence-electron chi connectivity index (χ0n) is 12.7. The molecule has 0 aliphatic heterocycles. The van der Waals surface area contributed by atoms with Crippen molar-refractivity contribution in [3.8, 4) is 11.5 Å². The van der Waals surface area contributed by atoms with E-state index in [1.807, 2.05) is 19.9 Å². The molecule has 3 N–H and O–H groups in total. The molecule has 6 nitrogen and oxygen atoms in total. The highest BCUT2D eigenvalue weighted by molar-refractivity contribution is 5.75. The van der Waals surface area contributed by atoms with Gasteiger partial charge in [0.1, 0.15) is 0 Å². The summed E-state index contributed by atoms with van der Waals surface area (Å²) in [6.07, 6.45) is -1.03. The Hall–Kier alpha value is -1.79. The Morgan fingerprint density at radius 3 is 2.43 bits per heavy atom. The fraction of sp³-hybridized carbons (Fsp3) is 0.533. The van der Waals surface area contributed by atoms with Crippen molar-refractivity contribution in [3.63, 3.8) is 0 Å². The molecule has 1 rings (SSSR count). The van der Waals surface area contributed by atoms with Gasteiger partial charge in [0.15, 0.2) is 17.6 Å². The first-order valence-corrected chi connectivity index (χ1v) is 6.93. The molecule has 2 atom stereocenters. The lowest BCUT2D eigenvalue weighted by Crippen LogP contribution is -2.42. The van der Waals surface area contributed by atoms with Gasteiger partial charge in [0.2, 0.25) is 0 Å². The molecule has 2 unspecified atom stereocenters. The van der Waals surface area contributed by atoms with Gasteiger partial charge in [-0.2, -0.15) is 0 Å². The number of hydrogen-bond donors (Lipinski definition) is 2. The Balaban J connectivity index is 2.83. The number of carbonyl (C=O) groups is 1. The first kappa shape index (κ1) is 17.3. The summed E-state index contributed by atoms with van der Waals surface area (Å²) in [4.78, 5) is 11.3. The number of esters is 1. The molecule has 0 aromatic heterocycles. The Morgan fingerprint density at radius 2 is 1.86 bits per heavy atom. The van der Waals surface area contributed by atoms with Crippen LogP contribution in [0.25, 0.3) is 0 Å². The second-order valence-electron chi connectivity index (χ2n) is 4.48. The quantitative estimate of drug-likeness (QED) is 0.692. The van der Waals surface area contributed by atoms with E-state index in [0.717, 1.165) is 5.56 Å². The predicted octanol–water partition coefficient (Wildman–Crippen LogP) is 0.888. The number of aliphatic hydroxyl groups is 1. The van der Waals surface area contributed by atoms with Crippen LogP contribution >= 0.6 is 0 Å². The Morgan fingerprint density at radius 1 is 1.24 bits per heavy atom. The lowest BCUT2D eigenvalue weighted by molar-refractivity contribution is -0.151. The minimum atomic E-state index is -1.35. The maximum absolute atomic E-state index is 11.3. The normalized spacial score (nSPS) is 13.4. The topological polar surface area (TPSA) is 91.0 Å². The number of hydrogen-bond acceptors (Lipinski definition) is 6. The van der Waals surface area contributed by atoms with Gasteiger partial charge >= 0.3 is 5.97 Å². The summed E-state index contributed by atoms with van der Waals surface area (Å²) < 4.78 is 15.5. The van der Waals surface area contributed by atoms with Crippen LogP contribution in [0, 0.1) is 0 Å². The van der Waals surface area contributed by atoms with Crippen molar-refractivity contribution in [3.05, 3.63) is 23.8 Å². The van der Waals surface area contributed by atoms with E-state index in [0.29, 0.717) is 31.1 Å². The Kier molecular flexibility index (Phi) is 6.98. The number of ether oxygens (including phenoxy) is 3. The van der Waals surface area contributed by atoms with E-state index in [1.54, 1.807) is 12.1 Å².